The Balaban J connectivity index is 1.25. The van der Waals surface area contributed by atoms with Gasteiger partial charge in [-0.3, -0.25) is 9.69 Å². The van der Waals surface area contributed by atoms with Crippen LogP contribution < -0.4 is 14.8 Å². The molecule has 1 aliphatic carbocycles. The molecule has 6 rings (SSSR count). The van der Waals surface area contributed by atoms with Gasteiger partial charge in [-0.05, 0) is 54.7 Å². The maximum atomic E-state index is 13.7. The lowest BCUT2D eigenvalue weighted by molar-refractivity contribution is -0.118. The summed E-state index contributed by atoms with van der Waals surface area (Å²) in [5.74, 6) is 0.830. The van der Waals surface area contributed by atoms with Gasteiger partial charge in [-0.1, -0.05) is 35.1 Å². The lowest BCUT2D eigenvalue weighted by atomic mass is 9.94. The van der Waals surface area contributed by atoms with Gasteiger partial charge < -0.3 is 19.9 Å². The molecule has 3 aliphatic rings. The predicted octanol–water partition coefficient (Wildman–Crippen LogP) is 4.49. The third kappa shape index (κ3) is 4.16. The number of halogens is 2. The second-order valence-electron chi connectivity index (χ2n) is 9.18. The minimum Gasteiger partial charge on any atom is -0.454 e. The summed E-state index contributed by atoms with van der Waals surface area (Å²) in [6.07, 6.45) is 3.43. The standard InChI is InChI=1S/C25H23ClFN3O4S/c26-18-10-15(27)2-3-17(18)22(30-8-5-16(31)12-30)21-11-28-24(35-21)29-23(32)25(6-7-25)14-1-4-19-20(9-14)34-13-33-19/h1-4,9-11,16,22,31H,5-8,12-13H2,(H,28,29,32)/t16-,22-/m0/s1. The van der Waals surface area contributed by atoms with Crippen LogP contribution >= 0.6 is 22.9 Å². The number of fused-ring (bicyclic) bond motifs is 1. The van der Waals surface area contributed by atoms with Crippen molar-refractivity contribution in [3.05, 3.63) is 69.4 Å². The topological polar surface area (TPSA) is 83.9 Å². The normalized spacial score (nSPS) is 21.2. The van der Waals surface area contributed by atoms with Crippen LogP contribution in [0.2, 0.25) is 5.02 Å². The van der Waals surface area contributed by atoms with Gasteiger partial charge in [-0.2, -0.15) is 0 Å². The molecule has 1 saturated heterocycles. The van der Waals surface area contributed by atoms with Crippen LogP contribution in [0, 0.1) is 5.82 Å². The van der Waals surface area contributed by atoms with E-state index in [2.05, 4.69) is 15.2 Å². The number of carbonyl (C=O) groups is 1. The van der Waals surface area contributed by atoms with E-state index < -0.39 is 17.3 Å². The van der Waals surface area contributed by atoms with E-state index in [0.717, 1.165) is 28.8 Å². The quantitative estimate of drug-likeness (QED) is 0.503. The molecular weight excluding hydrogens is 493 g/mol. The van der Waals surface area contributed by atoms with Gasteiger partial charge in [0.1, 0.15) is 5.82 Å². The van der Waals surface area contributed by atoms with Crippen LogP contribution in [0.3, 0.4) is 0 Å². The first-order valence-electron chi connectivity index (χ1n) is 11.5. The zero-order valence-corrected chi connectivity index (χ0v) is 20.2. The fourth-order valence-electron chi connectivity index (χ4n) is 4.91. The van der Waals surface area contributed by atoms with Crippen molar-refractivity contribution in [1.29, 1.82) is 0 Å². The Morgan fingerprint density at radius 3 is 2.83 bits per heavy atom. The third-order valence-electron chi connectivity index (χ3n) is 6.94. The molecule has 1 saturated carbocycles. The molecule has 2 aliphatic heterocycles. The molecule has 2 N–H and O–H groups in total. The summed E-state index contributed by atoms with van der Waals surface area (Å²) in [5.41, 5.74) is 1.03. The molecule has 2 aromatic carbocycles. The lowest BCUT2D eigenvalue weighted by Crippen LogP contribution is -2.28. The lowest BCUT2D eigenvalue weighted by Gasteiger charge is -2.27. The molecule has 3 aromatic rings. The molecule has 0 bridgehead atoms. The molecule has 0 unspecified atom stereocenters. The number of aliphatic hydroxyl groups is 1. The highest BCUT2D eigenvalue weighted by atomic mass is 35.5. The second kappa shape index (κ2) is 8.74. The van der Waals surface area contributed by atoms with Crippen molar-refractivity contribution < 1.29 is 23.8 Å². The molecule has 2 fully saturated rings. The minimum absolute atomic E-state index is 0.106. The molecule has 35 heavy (non-hydrogen) atoms. The molecule has 2 atom stereocenters. The summed E-state index contributed by atoms with van der Waals surface area (Å²) in [6, 6.07) is 9.69. The molecule has 1 aromatic heterocycles. The number of amides is 1. The fourth-order valence-corrected chi connectivity index (χ4v) is 6.15. The molecule has 7 nitrogen and oxygen atoms in total. The first kappa shape index (κ1) is 22.7. The van der Waals surface area contributed by atoms with Crippen molar-refractivity contribution in [3.8, 4) is 11.5 Å². The maximum Gasteiger partial charge on any atom is 0.236 e. The Hall–Kier alpha value is -2.72. The van der Waals surface area contributed by atoms with Crippen LogP contribution in [0.15, 0.2) is 42.6 Å². The van der Waals surface area contributed by atoms with Gasteiger partial charge in [-0.25, -0.2) is 9.37 Å². The van der Waals surface area contributed by atoms with Crippen molar-refractivity contribution in [2.75, 3.05) is 25.2 Å². The van der Waals surface area contributed by atoms with Crippen LogP contribution in [0.25, 0.3) is 0 Å². The zero-order valence-electron chi connectivity index (χ0n) is 18.7. The van der Waals surface area contributed by atoms with Crippen molar-refractivity contribution in [2.24, 2.45) is 0 Å². The van der Waals surface area contributed by atoms with Gasteiger partial charge in [0.15, 0.2) is 16.6 Å². The largest absolute Gasteiger partial charge is 0.454 e. The summed E-state index contributed by atoms with van der Waals surface area (Å²) in [4.78, 5) is 20.7. The highest BCUT2D eigenvalue weighted by molar-refractivity contribution is 7.15. The van der Waals surface area contributed by atoms with E-state index >= 15 is 0 Å². The van der Waals surface area contributed by atoms with E-state index in [4.69, 9.17) is 21.1 Å². The monoisotopic (exact) mass is 515 g/mol. The Bertz CT molecular complexity index is 1300. The summed E-state index contributed by atoms with van der Waals surface area (Å²) in [7, 11) is 0. The van der Waals surface area contributed by atoms with Gasteiger partial charge in [-0.15, -0.1) is 0 Å². The van der Waals surface area contributed by atoms with Crippen LogP contribution in [-0.4, -0.2) is 46.9 Å². The number of β-amino-alcohol motifs (C(OH)–C–C–N with tert-alkyl or cyclic N) is 1. The molecule has 1 amide bonds. The van der Waals surface area contributed by atoms with Gasteiger partial charge in [0, 0.05) is 29.2 Å². The Kier molecular flexibility index (Phi) is 5.68. The fraction of sp³-hybridized carbons (Fsp3) is 0.360. The average Bonchev–Trinajstić information content (AvgIpc) is 3.12. The number of ether oxygens (including phenoxy) is 2. The second-order valence-corrected chi connectivity index (χ2v) is 10.6. The SMILES string of the molecule is O=C(Nc1ncc([C@H](c2ccc(F)cc2Cl)N2CC[C@H](O)C2)s1)C1(c2ccc3c(c2)OCO3)CC1. The first-order valence-corrected chi connectivity index (χ1v) is 12.7. The predicted molar refractivity (Wildman–Crippen MR) is 130 cm³/mol. The molecule has 10 heteroatoms. The Morgan fingerprint density at radius 1 is 1.26 bits per heavy atom. The van der Waals surface area contributed by atoms with Crippen LogP contribution in [0.4, 0.5) is 9.52 Å². The number of aliphatic hydroxyl groups excluding tert-OH is 1. The molecular formula is C25H23ClFN3O4S. The Morgan fingerprint density at radius 2 is 2.09 bits per heavy atom. The summed E-state index contributed by atoms with van der Waals surface area (Å²) < 4.78 is 24.6. The van der Waals surface area contributed by atoms with Gasteiger partial charge >= 0.3 is 0 Å². The molecule has 3 heterocycles. The van der Waals surface area contributed by atoms with Crippen LogP contribution in [-0.2, 0) is 10.2 Å². The minimum atomic E-state index is -0.606. The molecule has 0 radical (unpaired) electrons. The van der Waals surface area contributed by atoms with E-state index in [9.17, 15) is 14.3 Å². The molecule has 0 spiro atoms. The number of hydrogen-bond acceptors (Lipinski definition) is 7. The average molecular weight is 516 g/mol. The number of carbonyl (C=O) groups excluding carboxylic acids is 1. The van der Waals surface area contributed by atoms with Crippen LogP contribution in [0.1, 0.15) is 41.3 Å². The number of thiazole rings is 1. The van der Waals surface area contributed by atoms with E-state index in [1.165, 1.54) is 23.5 Å². The van der Waals surface area contributed by atoms with Gasteiger partial charge in [0.2, 0.25) is 12.7 Å². The first-order chi connectivity index (χ1) is 16.9. The summed E-state index contributed by atoms with van der Waals surface area (Å²) in [5, 5.41) is 13.9. The van der Waals surface area contributed by atoms with Crippen molar-refractivity contribution in [3.63, 3.8) is 0 Å². The number of likely N-dealkylation sites (tertiary alicyclic amines) is 1. The van der Waals surface area contributed by atoms with Gasteiger partial charge in [0.05, 0.1) is 17.6 Å². The number of anilines is 1. The van der Waals surface area contributed by atoms with E-state index in [-0.39, 0.29) is 18.7 Å². The smallest absolute Gasteiger partial charge is 0.236 e. The number of nitrogens with one attached hydrogen (secondary N) is 1. The van der Waals surface area contributed by atoms with E-state index in [1.54, 1.807) is 12.3 Å². The number of benzene rings is 2. The number of nitrogens with zero attached hydrogens (tertiary/aromatic N) is 2. The number of aromatic nitrogens is 1. The highest BCUT2D eigenvalue weighted by Gasteiger charge is 2.52. The summed E-state index contributed by atoms with van der Waals surface area (Å²) >= 11 is 7.78. The van der Waals surface area contributed by atoms with E-state index in [1.807, 2.05) is 18.2 Å². The zero-order chi connectivity index (χ0) is 24.2. The van der Waals surface area contributed by atoms with Gasteiger partial charge in [0.25, 0.3) is 0 Å². The Labute approximate surface area is 210 Å². The van der Waals surface area contributed by atoms with Crippen molar-refractivity contribution >= 4 is 34.0 Å². The van der Waals surface area contributed by atoms with Crippen molar-refractivity contribution in [1.82, 2.24) is 9.88 Å². The van der Waals surface area contributed by atoms with Crippen LogP contribution in [0.5, 0.6) is 11.5 Å². The van der Waals surface area contributed by atoms with Crippen molar-refractivity contribution in [2.45, 2.75) is 36.8 Å². The number of rotatable bonds is 6. The highest BCUT2D eigenvalue weighted by Crippen LogP contribution is 2.51. The van der Waals surface area contributed by atoms with E-state index in [0.29, 0.717) is 41.2 Å². The molecule has 182 valence electrons. The summed E-state index contributed by atoms with van der Waals surface area (Å²) in [6.45, 7) is 1.34. The maximum absolute atomic E-state index is 13.7. The number of hydrogen-bond donors (Lipinski definition) is 2. The third-order valence-corrected chi connectivity index (χ3v) is 8.23.